The highest BCUT2D eigenvalue weighted by molar-refractivity contribution is 5.72. The second-order valence-corrected chi connectivity index (χ2v) is 7.66. The number of ether oxygens (including phenoxy) is 1. The maximum atomic E-state index is 11.7. The van der Waals surface area contributed by atoms with Crippen molar-refractivity contribution in [1.29, 1.82) is 0 Å². The van der Waals surface area contributed by atoms with Gasteiger partial charge < -0.3 is 14.5 Å². The number of hydrogen-bond donors (Lipinski definition) is 1. The fraction of sp³-hybridized carbons (Fsp3) is 0.571. The van der Waals surface area contributed by atoms with Crippen LogP contribution in [0.1, 0.15) is 61.8 Å². The van der Waals surface area contributed by atoms with Crippen molar-refractivity contribution in [2.75, 3.05) is 20.2 Å². The molecule has 4 rings (SSSR count). The minimum Gasteiger partial charge on any atom is -0.469 e. The van der Waals surface area contributed by atoms with Gasteiger partial charge in [0.25, 0.3) is 0 Å². The molecule has 1 N–H and O–H groups in total. The van der Waals surface area contributed by atoms with Crippen molar-refractivity contribution < 1.29 is 13.9 Å². The number of benzene rings is 1. The molecule has 1 aliphatic carbocycles. The summed E-state index contributed by atoms with van der Waals surface area (Å²) >= 11 is 0. The fourth-order valence-corrected chi connectivity index (χ4v) is 4.31. The molecule has 1 aromatic carbocycles. The molecule has 1 saturated heterocycles. The number of esters is 1. The standard InChI is InChI=1S/C21H27N3O3/c1-26-21(25)18-8-6-17(7-9-18)20-24-23-19(27-20)16-4-2-14(3-5-16)15-10-12-22-13-11-15/h2-5,15,17-18,22H,6-13H2,1H3. The van der Waals surface area contributed by atoms with E-state index in [2.05, 4.69) is 39.8 Å². The highest BCUT2D eigenvalue weighted by Crippen LogP contribution is 2.36. The van der Waals surface area contributed by atoms with Crippen molar-refractivity contribution in [3.05, 3.63) is 35.7 Å². The van der Waals surface area contributed by atoms with E-state index in [0.29, 0.717) is 17.7 Å². The van der Waals surface area contributed by atoms with Crippen LogP contribution in [0.3, 0.4) is 0 Å². The average Bonchev–Trinajstić information content (AvgIpc) is 3.24. The third-order valence-electron chi connectivity index (χ3n) is 6.02. The molecule has 0 amide bonds. The minimum absolute atomic E-state index is 0.0103. The highest BCUT2D eigenvalue weighted by atomic mass is 16.5. The highest BCUT2D eigenvalue weighted by Gasteiger charge is 2.30. The van der Waals surface area contributed by atoms with Crippen LogP contribution in [-0.2, 0) is 9.53 Å². The van der Waals surface area contributed by atoms with Crippen LogP contribution in [0, 0.1) is 5.92 Å². The molecule has 0 unspecified atom stereocenters. The van der Waals surface area contributed by atoms with Gasteiger partial charge in [0.2, 0.25) is 11.8 Å². The van der Waals surface area contributed by atoms with Gasteiger partial charge >= 0.3 is 5.97 Å². The lowest BCUT2D eigenvalue weighted by Crippen LogP contribution is -2.26. The number of carbonyl (C=O) groups excluding carboxylic acids is 1. The lowest BCUT2D eigenvalue weighted by Gasteiger charge is -2.24. The van der Waals surface area contributed by atoms with Crippen LogP contribution in [0.25, 0.3) is 11.5 Å². The zero-order valence-corrected chi connectivity index (χ0v) is 15.8. The lowest BCUT2D eigenvalue weighted by atomic mass is 9.82. The summed E-state index contributed by atoms with van der Waals surface area (Å²) in [5.74, 6) is 2.06. The molecule has 2 aromatic rings. The van der Waals surface area contributed by atoms with E-state index in [1.165, 1.54) is 25.5 Å². The van der Waals surface area contributed by atoms with E-state index in [0.717, 1.165) is 44.3 Å². The van der Waals surface area contributed by atoms with Crippen molar-refractivity contribution in [3.63, 3.8) is 0 Å². The largest absolute Gasteiger partial charge is 0.469 e. The molecule has 6 heteroatoms. The van der Waals surface area contributed by atoms with Gasteiger partial charge in [-0.3, -0.25) is 4.79 Å². The second-order valence-electron chi connectivity index (χ2n) is 7.66. The summed E-state index contributed by atoms with van der Waals surface area (Å²) in [7, 11) is 1.45. The van der Waals surface area contributed by atoms with Crippen LogP contribution >= 0.6 is 0 Å². The molecule has 2 heterocycles. The normalized spacial score (nSPS) is 23.9. The van der Waals surface area contributed by atoms with E-state index in [1.54, 1.807) is 0 Å². The first kappa shape index (κ1) is 18.2. The third kappa shape index (κ3) is 4.05. The monoisotopic (exact) mass is 369 g/mol. The van der Waals surface area contributed by atoms with Crippen LogP contribution in [0.5, 0.6) is 0 Å². The van der Waals surface area contributed by atoms with E-state index in [-0.39, 0.29) is 17.8 Å². The molecule has 144 valence electrons. The van der Waals surface area contributed by atoms with Crippen LogP contribution in [0.4, 0.5) is 0 Å². The van der Waals surface area contributed by atoms with Gasteiger partial charge in [-0.25, -0.2) is 0 Å². The number of nitrogens with one attached hydrogen (secondary N) is 1. The Morgan fingerprint density at radius 2 is 1.70 bits per heavy atom. The van der Waals surface area contributed by atoms with Crippen LogP contribution in [0.2, 0.25) is 0 Å². The number of aromatic nitrogens is 2. The summed E-state index contributed by atoms with van der Waals surface area (Å²) in [5, 5.41) is 11.9. The molecule has 27 heavy (non-hydrogen) atoms. The Kier molecular flexibility index (Phi) is 5.53. The van der Waals surface area contributed by atoms with E-state index in [4.69, 9.17) is 9.15 Å². The summed E-state index contributed by atoms with van der Waals surface area (Å²) in [6, 6.07) is 8.55. The number of nitrogens with zero attached hydrogens (tertiary/aromatic N) is 2. The molecule has 1 aromatic heterocycles. The van der Waals surface area contributed by atoms with Gasteiger partial charge in [-0.15, -0.1) is 10.2 Å². The van der Waals surface area contributed by atoms with Gasteiger partial charge in [-0.05, 0) is 75.2 Å². The maximum absolute atomic E-state index is 11.7. The van der Waals surface area contributed by atoms with Crippen LogP contribution in [-0.4, -0.2) is 36.4 Å². The molecule has 1 aliphatic heterocycles. The van der Waals surface area contributed by atoms with Crippen molar-refractivity contribution in [2.45, 2.75) is 50.4 Å². The molecule has 0 spiro atoms. The molecule has 0 atom stereocenters. The fourth-order valence-electron chi connectivity index (χ4n) is 4.31. The lowest BCUT2D eigenvalue weighted by molar-refractivity contribution is -0.146. The van der Waals surface area contributed by atoms with E-state index in [1.807, 2.05) is 0 Å². The zero-order valence-electron chi connectivity index (χ0n) is 15.8. The van der Waals surface area contributed by atoms with Gasteiger partial charge in [0, 0.05) is 11.5 Å². The Balaban J connectivity index is 1.40. The average molecular weight is 369 g/mol. The zero-order chi connectivity index (χ0) is 18.6. The first-order chi connectivity index (χ1) is 13.2. The summed E-state index contributed by atoms with van der Waals surface area (Å²) in [6.07, 6.45) is 5.79. The van der Waals surface area contributed by atoms with Gasteiger partial charge in [0.05, 0.1) is 13.0 Å². The third-order valence-corrected chi connectivity index (χ3v) is 6.02. The van der Waals surface area contributed by atoms with E-state index >= 15 is 0 Å². The van der Waals surface area contributed by atoms with Crippen LogP contribution < -0.4 is 5.32 Å². The number of piperidine rings is 1. The Bertz CT molecular complexity index is 757. The first-order valence-corrected chi connectivity index (χ1v) is 9.97. The number of carbonyl (C=O) groups is 1. The SMILES string of the molecule is COC(=O)C1CCC(c2nnc(-c3ccc(C4CCNCC4)cc3)o2)CC1. The van der Waals surface area contributed by atoms with Gasteiger partial charge in [-0.2, -0.15) is 0 Å². The molecule has 1 saturated carbocycles. The first-order valence-electron chi connectivity index (χ1n) is 9.97. The summed E-state index contributed by atoms with van der Waals surface area (Å²) in [4.78, 5) is 11.7. The van der Waals surface area contributed by atoms with Crippen molar-refractivity contribution in [2.24, 2.45) is 5.92 Å². The Hall–Kier alpha value is -2.21. The Labute approximate surface area is 159 Å². The molecule has 2 fully saturated rings. The second kappa shape index (κ2) is 8.21. The molecule has 2 aliphatic rings. The van der Waals surface area contributed by atoms with E-state index < -0.39 is 0 Å². The molecular weight excluding hydrogens is 342 g/mol. The number of methoxy groups -OCH3 is 1. The smallest absolute Gasteiger partial charge is 0.308 e. The van der Waals surface area contributed by atoms with Crippen LogP contribution in [0.15, 0.2) is 28.7 Å². The van der Waals surface area contributed by atoms with Crippen molar-refractivity contribution in [3.8, 4) is 11.5 Å². The minimum atomic E-state index is -0.103. The van der Waals surface area contributed by atoms with Gasteiger partial charge in [0.1, 0.15) is 0 Å². The molecular formula is C21H27N3O3. The molecule has 0 bridgehead atoms. The predicted octanol–water partition coefficient (Wildman–Crippen LogP) is 3.65. The van der Waals surface area contributed by atoms with Gasteiger partial charge in [0.15, 0.2) is 0 Å². The summed E-state index contributed by atoms with van der Waals surface area (Å²) in [6.45, 7) is 2.19. The van der Waals surface area contributed by atoms with Crippen molar-refractivity contribution >= 4 is 5.97 Å². The van der Waals surface area contributed by atoms with Gasteiger partial charge in [-0.1, -0.05) is 12.1 Å². The molecule has 6 nitrogen and oxygen atoms in total. The number of hydrogen-bond acceptors (Lipinski definition) is 6. The summed E-state index contributed by atoms with van der Waals surface area (Å²) in [5.41, 5.74) is 2.36. The number of rotatable bonds is 4. The topological polar surface area (TPSA) is 77.2 Å². The summed E-state index contributed by atoms with van der Waals surface area (Å²) < 4.78 is 10.8. The molecule has 0 radical (unpaired) electrons. The Morgan fingerprint density at radius 1 is 1.00 bits per heavy atom. The van der Waals surface area contributed by atoms with E-state index in [9.17, 15) is 4.79 Å². The Morgan fingerprint density at radius 3 is 2.37 bits per heavy atom. The maximum Gasteiger partial charge on any atom is 0.308 e. The van der Waals surface area contributed by atoms with Crippen molar-refractivity contribution in [1.82, 2.24) is 15.5 Å². The predicted molar refractivity (Wildman–Crippen MR) is 101 cm³/mol. The quantitative estimate of drug-likeness (QED) is 0.829.